The molecule has 0 N–H and O–H groups in total. The third-order valence-corrected chi connectivity index (χ3v) is 25.5. The van der Waals surface area contributed by atoms with Gasteiger partial charge in [-0.15, -0.1) is 0 Å². The average Bonchev–Trinajstić information content (AvgIpc) is 2.74. The first-order chi connectivity index (χ1) is 12.9. The van der Waals surface area contributed by atoms with E-state index in [0.29, 0.717) is 0 Å². The van der Waals surface area contributed by atoms with Crippen LogP contribution in [0.5, 0.6) is 0 Å². The first kappa shape index (κ1) is 17.1. The van der Waals surface area contributed by atoms with Crippen molar-refractivity contribution in [3.63, 3.8) is 0 Å². The average molecular weight is 411 g/mol. The van der Waals surface area contributed by atoms with Crippen molar-refractivity contribution in [1.82, 2.24) is 0 Å². The van der Waals surface area contributed by atoms with Crippen molar-refractivity contribution in [3.05, 3.63) is 121 Å². The van der Waals surface area contributed by atoms with Gasteiger partial charge in [0.1, 0.15) is 0 Å². The Kier molecular flexibility index (Phi) is 5.48. The van der Waals surface area contributed by atoms with Crippen molar-refractivity contribution in [2.75, 3.05) is 0 Å². The van der Waals surface area contributed by atoms with E-state index in [4.69, 9.17) is 0 Å². The van der Waals surface area contributed by atoms with Gasteiger partial charge < -0.3 is 0 Å². The molecule has 0 aliphatic carbocycles. The summed E-state index contributed by atoms with van der Waals surface area (Å²) < 4.78 is 3.19. The molecule has 26 heavy (non-hydrogen) atoms. The molecule has 4 aromatic carbocycles. The molecular weight excluding hydrogens is 389 g/mol. The molecule has 0 bridgehead atoms. The van der Waals surface area contributed by atoms with Crippen LogP contribution in [0.1, 0.15) is 0 Å². The van der Waals surface area contributed by atoms with Gasteiger partial charge >= 0.3 is 162 Å². The molecule has 4 aromatic rings. The van der Waals surface area contributed by atoms with Crippen LogP contribution in [-0.2, 0) is 0 Å². The fourth-order valence-electron chi connectivity index (χ4n) is 3.80. The minimum atomic E-state index is -2.00. The summed E-state index contributed by atoms with van der Waals surface area (Å²) in [7, 11) is -1.33. The summed E-state index contributed by atoms with van der Waals surface area (Å²) in [5, 5.41) is 3.13. The zero-order valence-electron chi connectivity index (χ0n) is 14.7. The predicted octanol–water partition coefficient (Wildman–Crippen LogP) is 2.15. The van der Waals surface area contributed by atoms with Gasteiger partial charge in [-0.1, -0.05) is 0 Å². The van der Waals surface area contributed by atoms with E-state index in [1.807, 2.05) is 0 Å². The Hall–Kier alpha value is -2.36. The summed E-state index contributed by atoms with van der Waals surface area (Å²) in [5.41, 5.74) is 0. The molecule has 0 saturated heterocycles. The van der Waals surface area contributed by atoms with Gasteiger partial charge in [-0.25, -0.2) is 0 Å². The topological polar surface area (TPSA) is 0 Å². The number of hydrogen-bond donors (Lipinski definition) is 0. The summed E-state index contributed by atoms with van der Waals surface area (Å²) in [6, 6.07) is 45.0. The zero-order valence-corrected chi connectivity index (χ0v) is 18.3. The zero-order chi connectivity index (χ0) is 17.6. The molecule has 126 valence electrons. The number of benzene rings is 4. The molecule has 0 fully saturated rings. The molecule has 0 nitrogen and oxygen atoms in total. The molecule has 0 radical (unpaired) electrons. The summed E-state index contributed by atoms with van der Waals surface area (Å²) in [6.45, 7) is 0. The normalized spacial score (nSPS) is 11.0. The van der Waals surface area contributed by atoms with Gasteiger partial charge in [0, 0.05) is 0 Å². The standard InChI is InChI=1S/C24H22GeSi/c1-5-13-21(14-6-1)25(22-15-7-2-8-16-22)26(23-17-9-3-10-18-23)24-19-11-4-12-20-24/h1-20,25-26H. The van der Waals surface area contributed by atoms with E-state index in [2.05, 4.69) is 121 Å². The second-order valence-electron chi connectivity index (χ2n) is 6.60. The maximum absolute atomic E-state index is 2.36. The van der Waals surface area contributed by atoms with Crippen LogP contribution in [0.25, 0.3) is 0 Å². The van der Waals surface area contributed by atoms with E-state index in [9.17, 15) is 0 Å². The molecule has 0 aromatic heterocycles. The fraction of sp³-hybridized carbons (Fsp3) is 0. The fourth-order valence-corrected chi connectivity index (χ4v) is 25.3. The van der Waals surface area contributed by atoms with Crippen LogP contribution in [0, 0.1) is 0 Å². The summed E-state index contributed by atoms with van der Waals surface area (Å²) >= 11 is -2.00. The van der Waals surface area contributed by atoms with Gasteiger partial charge in [0.2, 0.25) is 0 Å². The second kappa shape index (κ2) is 8.35. The first-order valence-corrected chi connectivity index (χ1v) is 17.6. The molecule has 4 rings (SSSR count). The van der Waals surface area contributed by atoms with Crippen molar-refractivity contribution < 1.29 is 0 Å². The van der Waals surface area contributed by atoms with Crippen molar-refractivity contribution >= 4 is 40.2 Å². The minimum absolute atomic E-state index is 1.33. The van der Waals surface area contributed by atoms with Crippen molar-refractivity contribution in [3.8, 4) is 0 Å². The van der Waals surface area contributed by atoms with E-state index < -0.39 is 21.0 Å². The van der Waals surface area contributed by atoms with Crippen LogP contribution in [0.2, 0.25) is 0 Å². The van der Waals surface area contributed by atoms with Gasteiger partial charge in [0.25, 0.3) is 0 Å². The Balaban J connectivity index is 1.93. The van der Waals surface area contributed by atoms with Crippen molar-refractivity contribution in [2.24, 2.45) is 0 Å². The third kappa shape index (κ3) is 3.74. The van der Waals surface area contributed by atoms with Crippen LogP contribution in [0.15, 0.2) is 121 Å². The van der Waals surface area contributed by atoms with Gasteiger partial charge in [-0.05, 0) is 0 Å². The van der Waals surface area contributed by atoms with E-state index in [0.717, 1.165) is 0 Å². The van der Waals surface area contributed by atoms with Crippen LogP contribution in [0.3, 0.4) is 0 Å². The second-order valence-corrected chi connectivity index (χ2v) is 21.3. The molecule has 0 amide bonds. The van der Waals surface area contributed by atoms with Crippen LogP contribution in [0.4, 0.5) is 0 Å². The Labute approximate surface area is 161 Å². The Morgan fingerprint density at radius 3 is 1.04 bits per heavy atom. The molecule has 0 unspecified atom stereocenters. The summed E-state index contributed by atoms with van der Waals surface area (Å²) in [5.74, 6) is 0. The summed E-state index contributed by atoms with van der Waals surface area (Å²) in [4.78, 5) is 0. The quantitative estimate of drug-likeness (QED) is 0.442. The molecular formula is C24H22GeSi. The van der Waals surface area contributed by atoms with Crippen molar-refractivity contribution in [2.45, 2.75) is 0 Å². The van der Waals surface area contributed by atoms with Gasteiger partial charge in [-0.3, -0.25) is 0 Å². The molecule has 0 spiro atoms. The number of hydrogen-bond acceptors (Lipinski definition) is 0. The Morgan fingerprint density at radius 1 is 0.385 bits per heavy atom. The SMILES string of the molecule is c1ccc([SiH](c2ccccc2)[GeH]([c]2ccccc2)[c]2ccccc2)cc1. The Morgan fingerprint density at radius 2 is 0.692 bits per heavy atom. The molecule has 0 aliphatic heterocycles. The van der Waals surface area contributed by atoms with E-state index in [1.54, 1.807) is 19.2 Å². The Bertz CT molecular complexity index is 765. The van der Waals surface area contributed by atoms with Gasteiger partial charge in [-0.2, -0.15) is 0 Å². The maximum atomic E-state index is 2.36. The van der Waals surface area contributed by atoms with Gasteiger partial charge in [0.15, 0.2) is 0 Å². The number of rotatable bonds is 5. The van der Waals surface area contributed by atoms with Crippen LogP contribution < -0.4 is 19.2 Å². The molecule has 0 atom stereocenters. The van der Waals surface area contributed by atoms with Crippen molar-refractivity contribution in [1.29, 1.82) is 0 Å². The van der Waals surface area contributed by atoms with E-state index in [-0.39, 0.29) is 0 Å². The molecule has 0 aliphatic rings. The summed E-state index contributed by atoms with van der Waals surface area (Å²) in [6.07, 6.45) is 0. The van der Waals surface area contributed by atoms with E-state index in [1.165, 1.54) is 0 Å². The molecule has 2 heteroatoms. The monoisotopic (exact) mass is 412 g/mol. The van der Waals surface area contributed by atoms with Crippen LogP contribution >= 0.6 is 0 Å². The predicted molar refractivity (Wildman–Crippen MR) is 119 cm³/mol. The van der Waals surface area contributed by atoms with E-state index >= 15 is 0 Å². The third-order valence-electron chi connectivity index (χ3n) is 4.97. The first-order valence-electron chi connectivity index (χ1n) is 9.13. The van der Waals surface area contributed by atoms with Gasteiger partial charge in [0.05, 0.1) is 0 Å². The molecule has 0 saturated carbocycles. The molecule has 0 heterocycles. The van der Waals surface area contributed by atoms with Crippen LogP contribution in [-0.4, -0.2) is 21.0 Å².